The molecule has 278 valence electrons. The summed E-state index contributed by atoms with van der Waals surface area (Å²) in [7, 11) is 0. The van der Waals surface area contributed by atoms with Gasteiger partial charge in [-0.1, -0.05) is 108 Å². The number of nitrogens with zero attached hydrogens (tertiary/aromatic N) is 3. The highest BCUT2D eigenvalue weighted by molar-refractivity contribution is 5.62. The minimum Gasteiger partial charge on any atom is -0.341 e. The molecule has 1 saturated carbocycles. The Morgan fingerprint density at radius 2 is 1.65 bits per heavy atom. The zero-order valence-electron chi connectivity index (χ0n) is 33.5. The largest absolute Gasteiger partial charge is 0.341 e. The van der Waals surface area contributed by atoms with Crippen LogP contribution in [0.5, 0.6) is 0 Å². The van der Waals surface area contributed by atoms with E-state index in [4.69, 9.17) is 0 Å². The molecule has 7 unspecified atom stereocenters. The first-order chi connectivity index (χ1) is 25.4. The van der Waals surface area contributed by atoms with Gasteiger partial charge in [0.05, 0.1) is 22.8 Å². The topological polar surface area (TPSA) is 9.72 Å². The molecule has 0 aromatic heterocycles. The Kier molecular flexibility index (Phi) is 8.88. The van der Waals surface area contributed by atoms with Crippen molar-refractivity contribution in [3.05, 3.63) is 106 Å². The van der Waals surface area contributed by atoms with E-state index in [0.717, 1.165) is 32.2 Å². The molecular weight excluding hydrogens is 631 g/mol. The van der Waals surface area contributed by atoms with Crippen LogP contribution in [0.2, 0.25) is 0 Å². The van der Waals surface area contributed by atoms with Gasteiger partial charge in [-0.05, 0) is 137 Å². The van der Waals surface area contributed by atoms with Gasteiger partial charge in [0.15, 0.2) is 0 Å². The van der Waals surface area contributed by atoms with E-state index in [9.17, 15) is 0 Å². The Labute approximate surface area is 316 Å². The maximum atomic E-state index is 3.20. The highest BCUT2D eigenvalue weighted by Gasteiger charge is 2.91. The third-order valence-corrected chi connectivity index (χ3v) is 16.4. The number of hydrogen-bond donors (Lipinski definition) is 0. The standard InChI is InChI=1S/C49H67N3/c1-7-34(4)40(8-2)49(47(5)41-29-17-16-26-39(41)42-32-21-33-50(42)48(47,49)6)52-44-31-19-18-30-43(44)51(45(52)9-3)46-37(35-22-12-10-13-23-35)27-20-28-38(46)36-24-14-11-15-25-36/h10,12,14,19,21,24-25,28,31-32,34-35,40,42,45H,7-9,11,13,15-18,20,22-23,26-27,29-30,33H2,1-6H3/t34-,35?,40?,42?,45?,47?,48?,49?/m0/s1. The summed E-state index contributed by atoms with van der Waals surface area (Å²) in [6, 6.07) is 0.491. The van der Waals surface area contributed by atoms with Gasteiger partial charge in [0.1, 0.15) is 6.17 Å². The molecule has 9 rings (SSSR count). The van der Waals surface area contributed by atoms with Crippen molar-refractivity contribution >= 4 is 0 Å². The number of hydrogen-bond acceptors (Lipinski definition) is 3. The highest BCUT2D eigenvalue weighted by atomic mass is 15.5. The first-order valence-electron chi connectivity index (χ1n) is 22.0. The van der Waals surface area contributed by atoms with Gasteiger partial charge in [-0.25, -0.2) is 0 Å². The Hall–Kier alpha value is -2.78. The summed E-state index contributed by atoms with van der Waals surface area (Å²) in [5.41, 5.74) is 13.5. The monoisotopic (exact) mass is 698 g/mol. The summed E-state index contributed by atoms with van der Waals surface area (Å²) in [5.74, 6) is 1.90. The van der Waals surface area contributed by atoms with Crippen LogP contribution in [0, 0.1) is 23.2 Å². The lowest BCUT2D eigenvalue weighted by atomic mass is 9.71. The van der Waals surface area contributed by atoms with Crippen molar-refractivity contribution in [3.8, 4) is 0 Å². The third kappa shape index (κ3) is 4.47. The number of allylic oxidation sites excluding steroid dienone is 11. The zero-order valence-corrected chi connectivity index (χ0v) is 33.5. The fraction of sp³-hybridized carbons (Fsp3) is 0.633. The predicted molar refractivity (Wildman–Crippen MR) is 218 cm³/mol. The molecule has 3 aliphatic heterocycles. The lowest BCUT2D eigenvalue weighted by Crippen LogP contribution is -2.59. The van der Waals surface area contributed by atoms with Crippen molar-refractivity contribution in [1.82, 2.24) is 14.7 Å². The van der Waals surface area contributed by atoms with E-state index in [-0.39, 0.29) is 16.5 Å². The lowest BCUT2D eigenvalue weighted by molar-refractivity contribution is 0.00475. The molecule has 3 heteroatoms. The molecule has 8 atom stereocenters. The lowest BCUT2D eigenvalue weighted by Gasteiger charge is -2.50. The van der Waals surface area contributed by atoms with Crippen LogP contribution in [0.25, 0.3) is 0 Å². The molecule has 0 bridgehead atoms. The maximum absolute atomic E-state index is 3.20. The second kappa shape index (κ2) is 13.2. The first-order valence-corrected chi connectivity index (χ1v) is 22.0. The molecule has 0 saturated heterocycles. The quantitative estimate of drug-likeness (QED) is 0.222. The molecular formula is C49H67N3. The Balaban J connectivity index is 1.29. The average Bonchev–Trinajstić information content (AvgIpc) is 3.59. The van der Waals surface area contributed by atoms with Gasteiger partial charge in [0.25, 0.3) is 0 Å². The molecule has 3 nitrogen and oxygen atoms in total. The second-order valence-electron chi connectivity index (χ2n) is 18.2. The molecule has 0 radical (unpaired) electrons. The Bertz CT molecular complexity index is 1760. The predicted octanol–water partition coefficient (Wildman–Crippen LogP) is 12.2. The summed E-state index contributed by atoms with van der Waals surface area (Å²) < 4.78 is 0. The second-order valence-corrected chi connectivity index (χ2v) is 18.2. The van der Waals surface area contributed by atoms with Crippen molar-refractivity contribution in [2.24, 2.45) is 23.2 Å². The minimum atomic E-state index is 0.0113. The van der Waals surface area contributed by atoms with Crippen molar-refractivity contribution in [2.45, 2.75) is 168 Å². The molecule has 9 aliphatic rings. The Morgan fingerprint density at radius 3 is 2.40 bits per heavy atom. The van der Waals surface area contributed by atoms with Crippen LogP contribution in [-0.2, 0) is 0 Å². The van der Waals surface area contributed by atoms with Crippen LogP contribution in [0.3, 0.4) is 0 Å². The normalized spacial score (nSPS) is 37.9. The van der Waals surface area contributed by atoms with Crippen molar-refractivity contribution in [1.29, 1.82) is 0 Å². The Morgan fingerprint density at radius 1 is 0.808 bits per heavy atom. The van der Waals surface area contributed by atoms with Crippen LogP contribution < -0.4 is 0 Å². The van der Waals surface area contributed by atoms with Crippen LogP contribution in [0.15, 0.2) is 106 Å². The minimum absolute atomic E-state index is 0.0113. The van der Waals surface area contributed by atoms with E-state index in [1.54, 1.807) is 28.2 Å². The molecule has 6 aliphatic carbocycles. The SMILES string of the molecule is CCC1N(C2=C(C3CC=CCC3)CCC=C2C2=CCCC=C2)C2=C(C=CCC2)N1C1(C(CC)[C@@H](C)CC)C2(C)C3=C(CCCC3)C3C=CCN3C21C. The molecule has 0 spiro atoms. The fourth-order valence-corrected chi connectivity index (χ4v) is 14.1. The molecule has 0 N–H and O–H groups in total. The van der Waals surface area contributed by atoms with Crippen LogP contribution in [-0.4, -0.2) is 44.5 Å². The van der Waals surface area contributed by atoms with Crippen molar-refractivity contribution in [3.63, 3.8) is 0 Å². The molecule has 0 aromatic rings. The van der Waals surface area contributed by atoms with Gasteiger partial charge in [-0.15, -0.1) is 0 Å². The van der Waals surface area contributed by atoms with E-state index in [1.165, 1.54) is 82.6 Å². The smallest absolute Gasteiger partial charge is 0.106 e. The van der Waals surface area contributed by atoms with Gasteiger partial charge in [0, 0.05) is 28.9 Å². The zero-order chi connectivity index (χ0) is 35.8. The fourth-order valence-electron chi connectivity index (χ4n) is 14.1. The van der Waals surface area contributed by atoms with Gasteiger partial charge < -0.3 is 9.80 Å². The van der Waals surface area contributed by atoms with E-state index in [1.807, 2.05) is 11.1 Å². The van der Waals surface area contributed by atoms with Gasteiger partial charge in [0.2, 0.25) is 0 Å². The number of rotatable bonds is 9. The molecule has 0 amide bonds. The van der Waals surface area contributed by atoms with Gasteiger partial charge in [-0.3, -0.25) is 4.90 Å². The van der Waals surface area contributed by atoms with E-state index >= 15 is 0 Å². The molecule has 1 fully saturated rings. The maximum Gasteiger partial charge on any atom is 0.106 e. The van der Waals surface area contributed by atoms with E-state index in [2.05, 4.69) is 117 Å². The summed E-state index contributed by atoms with van der Waals surface area (Å²) in [4.78, 5) is 9.26. The van der Waals surface area contributed by atoms with Crippen molar-refractivity contribution < 1.29 is 0 Å². The molecule has 0 aromatic carbocycles. The van der Waals surface area contributed by atoms with Crippen LogP contribution >= 0.6 is 0 Å². The summed E-state index contributed by atoms with van der Waals surface area (Å²) in [6.45, 7) is 16.8. The molecule has 52 heavy (non-hydrogen) atoms. The van der Waals surface area contributed by atoms with Crippen LogP contribution in [0.4, 0.5) is 0 Å². The van der Waals surface area contributed by atoms with Crippen LogP contribution in [0.1, 0.15) is 144 Å². The first kappa shape index (κ1) is 35.0. The summed E-state index contributed by atoms with van der Waals surface area (Å²) in [5, 5.41) is 0. The van der Waals surface area contributed by atoms with Gasteiger partial charge >= 0.3 is 0 Å². The number of fused-ring (bicyclic) bond motifs is 5. The summed E-state index contributed by atoms with van der Waals surface area (Å²) >= 11 is 0. The van der Waals surface area contributed by atoms with Gasteiger partial charge in [-0.2, -0.15) is 0 Å². The van der Waals surface area contributed by atoms with E-state index < -0.39 is 0 Å². The highest BCUT2D eigenvalue weighted by Crippen LogP contribution is 2.83. The third-order valence-electron chi connectivity index (χ3n) is 16.4. The molecule has 3 heterocycles. The van der Waals surface area contributed by atoms with E-state index in [0.29, 0.717) is 30.0 Å². The summed E-state index contributed by atoms with van der Waals surface area (Å²) in [6.07, 6.45) is 45.3. The van der Waals surface area contributed by atoms with Crippen molar-refractivity contribution in [2.75, 3.05) is 6.54 Å². The average molecular weight is 698 g/mol.